The lowest BCUT2D eigenvalue weighted by Crippen LogP contribution is -2.45. The molecule has 0 aliphatic rings. The van der Waals surface area contributed by atoms with E-state index in [1.54, 1.807) is 0 Å². The van der Waals surface area contributed by atoms with Crippen LogP contribution < -0.4 is 11.2 Å². The van der Waals surface area contributed by atoms with E-state index in [2.05, 4.69) is 5.10 Å². The normalized spacial score (nSPS) is 11.5. The van der Waals surface area contributed by atoms with Gasteiger partial charge >= 0.3 is 18.0 Å². The first-order chi connectivity index (χ1) is 17.4. The van der Waals surface area contributed by atoms with Crippen LogP contribution in [0.4, 0.5) is 13.2 Å². The highest BCUT2D eigenvalue weighted by atomic mass is 19.4. The first kappa shape index (κ1) is 27.4. The summed E-state index contributed by atoms with van der Waals surface area (Å²) in [5.41, 5.74) is -3.80. The number of ether oxygens (including phenoxy) is 1. The van der Waals surface area contributed by atoms with Gasteiger partial charge in [0, 0.05) is 12.7 Å². The van der Waals surface area contributed by atoms with Gasteiger partial charge in [-0.2, -0.15) is 10.4 Å². The van der Waals surface area contributed by atoms with Crippen molar-refractivity contribution < 1.29 is 22.7 Å². The fourth-order valence-corrected chi connectivity index (χ4v) is 3.77. The monoisotopic (exact) mass is 518 g/mol. The van der Waals surface area contributed by atoms with Crippen LogP contribution in [0.5, 0.6) is 0 Å². The number of hydrogen-bond acceptors (Lipinski definition) is 7. The van der Waals surface area contributed by atoms with Gasteiger partial charge in [-0.1, -0.05) is 0 Å². The number of aromatic nitrogens is 4. The minimum absolute atomic E-state index is 0.0488. The second kappa shape index (κ2) is 10.8. The fourth-order valence-electron chi connectivity index (χ4n) is 3.77. The second-order valence-electron chi connectivity index (χ2n) is 8.53. The van der Waals surface area contributed by atoms with Crippen LogP contribution in [-0.2, 0) is 18.1 Å². The third-order valence-electron chi connectivity index (χ3n) is 5.65. The predicted octanol–water partition coefficient (Wildman–Crippen LogP) is 2.55. The summed E-state index contributed by atoms with van der Waals surface area (Å²) in [4.78, 5) is 40.5. The smallest absolute Gasteiger partial charge is 0.462 e. The number of nitrogens with zero attached hydrogens (tertiary/aromatic N) is 6. The standard InChI is InChI=1S/C24H25F3N6O4/c1-15-19(21(34)31(4)23(36)32(15)24(25,26)27)20-18(22(35)37-12-6-5-11-30(2)3)14-29-33(20)17-9-7-16(13-28)8-10-17/h7-10,14H,5-6,11-12H2,1-4H3. The summed E-state index contributed by atoms with van der Waals surface area (Å²) in [6.07, 6.45) is -2.75. The van der Waals surface area contributed by atoms with E-state index in [-0.39, 0.29) is 23.6 Å². The third-order valence-corrected chi connectivity index (χ3v) is 5.65. The molecule has 0 radical (unpaired) electrons. The number of nitriles is 1. The molecular weight excluding hydrogens is 493 g/mol. The van der Waals surface area contributed by atoms with Gasteiger partial charge in [-0.15, -0.1) is 13.2 Å². The summed E-state index contributed by atoms with van der Waals surface area (Å²) in [6.45, 7) is 1.79. The number of rotatable bonds is 8. The van der Waals surface area contributed by atoms with E-state index in [1.807, 2.05) is 25.1 Å². The molecule has 0 fully saturated rings. The van der Waals surface area contributed by atoms with E-state index in [0.717, 1.165) is 37.8 Å². The van der Waals surface area contributed by atoms with Gasteiger partial charge in [0.15, 0.2) is 0 Å². The Bertz CT molecular complexity index is 1460. The molecule has 0 aliphatic carbocycles. The molecule has 13 heteroatoms. The molecule has 2 aromatic heterocycles. The molecule has 3 rings (SSSR count). The van der Waals surface area contributed by atoms with Gasteiger partial charge in [0.1, 0.15) is 5.56 Å². The number of carbonyl (C=O) groups excluding carboxylic acids is 1. The summed E-state index contributed by atoms with van der Waals surface area (Å²) >= 11 is 0. The zero-order valence-corrected chi connectivity index (χ0v) is 20.7. The molecule has 0 aliphatic heterocycles. The van der Waals surface area contributed by atoms with E-state index in [4.69, 9.17) is 10.00 Å². The maximum atomic E-state index is 13.8. The van der Waals surface area contributed by atoms with Gasteiger partial charge in [0.2, 0.25) is 0 Å². The van der Waals surface area contributed by atoms with Crippen molar-refractivity contribution in [3.8, 4) is 23.0 Å². The van der Waals surface area contributed by atoms with Gasteiger partial charge in [0.25, 0.3) is 5.56 Å². The summed E-state index contributed by atoms with van der Waals surface area (Å²) in [7, 11) is 4.72. The van der Waals surface area contributed by atoms with Gasteiger partial charge < -0.3 is 9.64 Å². The number of hydrogen-bond donors (Lipinski definition) is 0. The van der Waals surface area contributed by atoms with E-state index in [0.29, 0.717) is 16.6 Å². The first-order valence-corrected chi connectivity index (χ1v) is 11.2. The van der Waals surface area contributed by atoms with Crippen molar-refractivity contribution in [3.05, 3.63) is 68.1 Å². The van der Waals surface area contributed by atoms with Crippen molar-refractivity contribution in [3.63, 3.8) is 0 Å². The van der Waals surface area contributed by atoms with Crippen LogP contribution in [0.15, 0.2) is 40.1 Å². The Morgan fingerprint density at radius 1 is 1.16 bits per heavy atom. The molecular formula is C24H25F3N6O4. The number of unbranched alkanes of at least 4 members (excludes halogenated alkanes) is 1. The fraction of sp³-hybridized carbons (Fsp3) is 0.375. The Morgan fingerprint density at radius 2 is 1.81 bits per heavy atom. The van der Waals surface area contributed by atoms with Crippen LogP contribution in [0.2, 0.25) is 0 Å². The van der Waals surface area contributed by atoms with Crippen molar-refractivity contribution in [1.29, 1.82) is 5.26 Å². The number of carbonyl (C=O) groups is 1. The molecule has 0 atom stereocenters. The molecule has 0 unspecified atom stereocenters. The number of benzene rings is 1. The highest BCUT2D eigenvalue weighted by molar-refractivity contribution is 5.96. The predicted molar refractivity (Wildman–Crippen MR) is 127 cm³/mol. The van der Waals surface area contributed by atoms with Crippen LogP contribution in [0, 0.1) is 18.3 Å². The Balaban J connectivity index is 2.21. The Morgan fingerprint density at radius 3 is 2.38 bits per heavy atom. The second-order valence-corrected chi connectivity index (χ2v) is 8.53. The molecule has 0 saturated heterocycles. The number of alkyl halides is 3. The van der Waals surface area contributed by atoms with Gasteiger partial charge in [-0.05, 0) is 64.7 Å². The minimum atomic E-state index is -5.13. The average molecular weight is 518 g/mol. The SMILES string of the molecule is Cc1c(-c2c(C(=O)OCCCCN(C)C)cnn2-c2ccc(C#N)cc2)c(=O)n(C)c(=O)n1C(F)(F)F. The van der Waals surface area contributed by atoms with Crippen molar-refractivity contribution in [2.75, 3.05) is 27.2 Å². The molecule has 3 aromatic rings. The van der Waals surface area contributed by atoms with E-state index in [1.165, 1.54) is 24.3 Å². The van der Waals surface area contributed by atoms with E-state index < -0.39 is 39.3 Å². The van der Waals surface area contributed by atoms with E-state index in [9.17, 15) is 27.6 Å². The lowest BCUT2D eigenvalue weighted by molar-refractivity contribution is -0.208. The summed E-state index contributed by atoms with van der Waals surface area (Å²) in [5.74, 6) is -0.883. The van der Waals surface area contributed by atoms with Crippen molar-refractivity contribution >= 4 is 5.97 Å². The molecule has 10 nitrogen and oxygen atoms in total. The van der Waals surface area contributed by atoms with Gasteiger partial charge in [-0.25, -0.2) is 18.8 Å². The van der Waals surface area contributed by atoms with Crippen LogP contribution in [0.3, 0.4) is 0 Å². The van der Waals surface area contributed by atoms with Crippen LogP contribution >= 0.6 is 0 Å². The third kappa shape index (κ3) is 5.64. The topological polar surface area (TPSA) is 115 Å². The Kier molecular flexibility index (Phi) is 8.03. The molecule has 0 spiro atoms. The van der Waals surface area contributed by atoms with E-state index >= 15 is 0 Å². The molecule has 0 saturated carbocycles. The van der Waals surface area contributed by atoms with Gasteiger partial charge in [-0.3, -0.25) is 9.36 Å². The molecule has 0 amide bonds. The molecule has 0 N–H and O–H groups in total. The highest BCUT2D eigenvalue weighted by Crippen LogP contribution is 2.30. The number of halogens is 3. The maximum absolute atomic E-state index is 13.8. The minimum Gasteiger partial charge on any atom is -0.462 e. The summed E-state index contributed by atoms with van der Waals surface area (Å²) < 4.78 is 47.7. The zero-order chi connectivity index (χ0) is 27.5. The molecule has 2 heterocycles. The number of esters is 1. The molecule has 1 aromatic carbocycles. The van der Waals surface area contributed by atoms with Crippen LogP contribution in [-0.4, -0.2) is 57.0 Å². The maximum Gasteiger partial charge on any atom is 0.492 e. The van der Waals surface area contributed by atoms with Gasteiger partial charge in [0.05, 0.1) is 41.4 Å². The van der Waals surface area contributed by atoms with Crippen molar-refractivity contribution in [1.82, 2.24) is 23.8 Å². The summed E-state index contributed by atoms with van der Waals surface area (Å²) in [6, 6.07) is 7.77. The largest absolute Gasteiger partial charge is 0.492 e. The highest BCUT2D eigenvalue weighted by Gasteiger charge is 2.37. The molecule has 0 bridgehead atoms. The van der Waals surface area contributed by atoms with Crippen molar-refractivity contribution in [2.45, 2.75) is 26.1 Å². The first-order valence-electron chi connectivity index (χ1n) is 11.2. The molecule has 37 heavy (non-hydrogen) atoms. The summed E-state index contributed by atoms with van der Waals surface area (Å²) in [5, 5.41) is 13.2. The average Bonchev–Trinajstić information content (AvgIpc) is 3.26. The quantitative estimate of drug-likeness (QED) is 0.333. The Hall–Kier alpha value is -4.18. The lowest BCUT2D eigenvalue weighted by atomic mass is 10.1. The van der Waals surface area contributed by atoms with Crippen LogP contribution in [0.25, 0.3) is 16.9 Å². The molecule has 196 valence electrons. The Labute approximate surface area is 209 Å². The lowest BCUT2D eigenvalue weighted by Gasteiger charge is -2.19. The zero-order valence-electron chi connectivity index (χ0n) is 20.7. The van der Waals surface area contributed by atoms with Crippen LogP contribution in [0.1, 0.15) is 34.5 Å². The van der Waals surface area contributed by atoms with Crippen molar-refractivity contribution in [2.24, 2.45) is 7.05 Å².